The fourth-order valence-electron chi connectivity index (χ4n) is 4.08. The first-order valence-electron chi connectivity index (χ1n) is 11.6. The highest BCUT2D eigenvalue weighted by molar-refractivity contribution is 5.84. The van der Waals surface area contributed by atoms with Crippen LogP contribution in [0.1, 0.15) is 0 Å². The van der Waals surface area contributed by atoms with Crippen LogP contribution in [0, 0.1) is 0 Å². The molecule has 0 atom stereocenters. The van der Waals surface area contributed by atoms with Gasteiger partial charge >= 0.3 is 0 Å². The van der Waals surface area contributed by atoms with Crippen molar-refractivity contribution < 1.29 is 18.9 Å². The van der Waals surface area contributed by atoms with Gasteiger partial charge in [-0.05, 0) is 24.3 Å². The Morgan fingerprint density at radius 2 is 1.51 bits per heavy atom. The van der Waals surface area contributed by atoms with Crippen molar-refractivity contribution in [1.29, 1.82) is 0 Å². The number of hydrogen-bond donors (Lipinski definition) is 2. The number of ether oxygens (including phenoxy) is 4. The number of methoxy groups -OCH3 is 3. The summed E-state index contributed by atoms with van der Waals surface area (Å²) in [6.07, 6.45) is 1.73. The third kappa shape index (κ3) is 4.79. The fourth-order valence-corrected chi connectivity index (χ4v) is 4.08. The standard InChI is InChI=1S/C28H27N5O4/c1-29-28-32-22-17-30-26(31-18-9-8-12-21(13-18)37-20-10-6-5-7-11-20)16-23(22)33(28)19-14-24(34-2)27(36-4)25(15-19)35-3/h5-17H,1-4H3,(H,29,32)(H,30,31). The van der Waals surface area contributed by atoms with Crippen LogP contribution in [0.3, 0.4) is 0 Å². The van der Waals surface area contributed by atoms with Crippen molar-refractivity contribution >= 4 is 28.5 Å². The van der Waals surface area contributed by atoms with Gasteiger partial charge in [0.2, 0.25) is 11.7 Å². The van der Waals surface area contributed by atoms with Crippen molar-refractivity contribution in [3.05, 3.63) is 79.0 Å². The Morgan fingerprint density at radius 3 is 2.19 bits per heavy atom. The zero-order valence-corrected chi connectivity index (χ0v) is 21.0. The number of pyridine rings is 1. The molecule has 0 unspecified atom stereocenters. The van der Waals surface area contributed by atoms with E-state index in [1.807, 2.05) is 84.4 Å². The lowest BCUT2D eigenvalue weighted by Crippen LogP contribution is -2.04. The van der Waals surface area contributed by atoms with Crippen LogP contribution in [0.4, 0.5) is 17.5 Å². The van der Waals surface area contributed by atoms with Gasteiger partial charge in [0.1, 0.15) is 22.8 Å². The normalized spacial score (nSPS) is 10.7. The van der Waals surface area contributed by atoms with Crippen LogP contribution in [0.2, 0.25) is 0 Å². The molecule has 0 bridgehead atoms. The number of imidazole rings is 1. The molecule has 0 amide bonds. The molecule has 9 nitrogen and oxygen atoms in total. The molecule has 5 rings (SSSR count). The molecule has 0 spiro atoms. The van der Waals surface area contributed by atoms with Crippen molar-refractivity contribution in [1.82, 2.24) is 14.5 Å². The van der Waals surface area contributed by atoms with Crippen LogP contribution in [-0.2, 0) is 0 Å². The van der Waals surface area contributed by atoms with E-state index in [4.69, 9.17) is 23.9 Å². The van der Waals surface area contributed by atoms with Crippen LogP contribution in [0.25, 0.3) is 16.7 Å². The summed E-state index contributed by atoms with van der Waals surface area (Å²) >= 11 is 0. The molecule has 0 fully saturated rings. The molecular weight excluding hydrogens is 470 g/mol. The molecule has 188 valence electrons. The molecule has 0 saturated heterocycles. The van der Waals surface area contributed by atoms with E-state index in [-0.39, 0.29) is 0 Å². The Bertz CT molecular complexity index is 1510. The Kier molecular flexibility index (Phi) is 6.67. The Labute approximate surface area is 214 Å². The van der Waals surface area contributed by atoms with Crippen LogP contribution in [-0.4, -0.2) is 42.9 Å². The first-order chi connectivity index (χ1) is 18.1. The lowest BCUT2D eigenvalue weighted by atomic mass is 10.2. The summed E-state index contributed by atoms with van der Waals surface area (Å²) in [6.45, 7) is 0. The van der Waals surface area contributed by atoms with E-state index in [9.17, 15) is 0 Å². The highest BCUT2D eigenvalue weighted by atomic mass is 16.5. The maximum atomic E-state index is 5.97. The predicted octanol–water partition coefficient (Wildman–Crippen LogP) is 6.02. The number of hydrogen-bond acceptors (Lipinski definition) is 8. The second-order valence-corrected chi connectivity index (χ2v) is 8.03. The minimum Gasteiger partial charge on any atom is -0.493 e. The van der Waals surface area contributed by atoms with Gasteiger partial charge in [-0.2, -0.15) is 0 Å². The number of benzene rings is 3. The maximum Gasteiger partial charge on any atom is 0.208 e. The van der Waals surface area contributed by atoms with Crippen molar-refractivity contribution in [3.63, 3.8) is 0 Å². The average Bonchev–Trinajstić information content (AvgIpc) is 3.31. The highest BCUT2D eigenvalue weighted by Gasteiger charge is 2.19. The Morgan fingerprint density at radius 1 is 0.784 bits per heavy atom. The van der Waals surface area contributed by atoms with Gasteiger partial charge in [-0.1, -0.05) is 24.3 Å². The number of anilines is 3. The van der Waals surface area contributed by atoms with Crippen LogP contribution < -0.4 is 29.6 Å². The van der Waals surface area contributed by atoms with E-state index in [1.54, 1.807) is 27.5 Å². The zero-order valence-electron chi connectivity index (χ0n) is 21.0. The molecule has 2 aromatic heterocycles. The minimum absolute atomic E-state index is 0.519. The van der Waals surface area contributed by atoms with Gasteiger partial charge in [0.15, 0.2) is 11.5 Å². The minimum atomic E-state index is 0.519. The number of rotatable bonds is 9. The van der Waals surface area contributed by atoms with Crippen LogP contribution >= 0.6 is 0 Å². The number of fused-ring (bicyclic) bond motifs is 1. The number of nitrogens with zero attached hydrogens (tertiary/aromatic N) is 3. The number of para-hydroxylation sites is 1. The molecule has 0 aliphatic carbocycles. The first kappa shape index (κ1) is 23.8. The lowest BCUT2D eigenvalue weighted by molar-refractivity contribution is 0.324. The van der Waals surface area contributed by atoms with Crippen LogP contribution in [0.15, 0.2) is 79.0 Å². The SMILES string of the molecule is CNc1nc2cnc(Nc3cccc(Oc4ccccc4)c3)cc2n1-c1cc(OC)c(OC)c(OC)c1. The molecule has 0 saturated carbocycles. The van der Waals surface area contributed by atoms with Gasteiger partial charge < -0.3 is 29.6 Å². The molecule has 37 heavy (non-hydrogen) atoms. The van der Waals surface area contributed by atoms with Gasteiger partial charge in [0.25, 0.3) is 0 Å². The summed E-state index contributed by atoms with van der Waals surface area (Å²) in [4.78, 5) is 9.27. The zero-order chi connectivity index (χ0) is 25.8. The molecule has 2 heterocycles. The Hall–Kier alpha value is -4.92. The highest BCUT2D eigenvalue weighted by Crippen LogP contribution is 2.41. The first-order valence-corrected chi connectivity index (χ1v) is 11.6. The van der Waals surface area contributed by atoms with Crippen LogP contribution in [0.5, 0.6) is 28.7 Å². The smallest absolute Gasteiger partial charge is 0.208 e. The summed E-state index contributed by atoms with van der Waals surface area (Å²) in [5.74, 6) is 4.39. The fraction of sp³-hybridized carbons (Fsp3) is 0.143. The monoisotopic (exact) mass is 497 g/mol. The van der Waals surface area contributed by atoms with E-state index < -0.39 is 0 Å². The van der Waals surface area contributed by atoms with E-state index in [0.29, 0.717) is 29.0 Å². The lowest BCUT2D eigenvalue weighted by Gasteiger charge is -2.16. The van der Waals surface area contributed by atoms with Gasteiger partial charge in [-0.3, -0.25) is 4.57 Å². The van der Waals surface area contributed by atoms with E-state index in [2.05, 4.69) is 15.6 Å². The number of aromatic nitrogens is 3. The molecular formula is C28H27N5O4. The van der Waals surface area contributed by atoms with Crippen molar-refractivity contribution in [2.24, 2.45) is 0 Å². The summed E-state index contributed by atoms with van der Waals surface area (Å²) < 4.78 is 24.6. The molecule has 0 radical (unpaired) electrons. The largest absolute Gasteiger partial charge is 0.493 e. The molecule has 3 aromatic carbocycles. The maximum absolute atomic E-state index is 5.97. The van der Waals surface area contributed by atoms with Crippen molar-refractivity contribution in [2.75, 3.05) is 39.0 Å². The van der Waals surface area contributed by atoms with Crippen molar-refractivity contribution in [3.8, 4) is 34.4 Å². The molecule has 0 aliphatic heterocycles. The number of nitrogens with one attached hydrogen (secondary N) is 2. The van der Waals surface area contributed by atoms with E-state index in [0.717, 1.165) is 33.9 Å². The quantitative estimate of drug-likeness (QED) is 0.255. The molecule has 5 aromatic rings. The van der Waals surface area contributed by atoms with Gasteiger partial charge in [-0.15, -0.1) is 0 Å². The van der Waals surface area contributed by atoms with Gasteiger partial charge in [0.05, 0.1) is 38.7 Å². The second-order valence-electron chi connectivity index (χ2n) is 8.03. The summed E-state index contributed by atoms with van der Waals surface area (Å²) in [6, 6.07) is 23.1. The van der Waals surface area contributed by atoms with Gasteiger partial charge in [0, 0.05) is 37.0 Å². The molecule has 2 N–H and O–H groups in total. The molecule has 9 heteroatoms. The predicted molar refractivity (Wildman–Crippen MR) is 144 cm³/mol. The van der Waals surface area contributed by atoms with E-state index >= 15 is 0 Å². The summed E-state index contributed by atoms with van der Waals surface area (Å²) in [5, 5.41) is 6.53. The third-order valence-corrected chi connectivity index (χ3v) is 5.76. The molecule has 0 aliphatic rings. The van der Waals surface area contributed by atoms with E-state index in [1.165, 1.54) is 0 Å². The second kappa shape index (κ2) is 10.4. The average molecular weight is 498 g/mol. The Balaban J connectivity index is 1.52. The third-order valence-electron chi connectivity index (χ3n) is 5.76. The van der Waals surface area contributed by atoms with Gasteiger partial charge in [-0.25, -0.2) is 9.97 Å². The summed E-state index contributed by atoms with van der Waals surface area (Å²) in [7, 11) is 6.58. The topological polar surface area (TPSA) is 91.7 Å². The van der Waals surface area contributed by atoms with Crippen molar-refractivity contribution in [2.45, 2.75) is 0 Å². The summed E-state index contributed by atoms with van der Waals surface area (Å²) in [5.41, 5.74) is 3.20.